The van der Waals surface area contributed by atoms with Gasteiger partial charge in [-0.1, -0.05) is 0 Å². The van der Waals surface area contributed by atoms with E-state index in [0.29, 0.717) is 13.2 Å². The number of carbonyl (C=O) groups is 2. The summed E-state index contributed by atoms with van der Waals surface area (Å²) in [6, 6.07) is 0. The Labute approximate surface area is 73.1 Å². The minimum absolute atomic E-state index is 0.0781. The Morgan fingerprint density at radius 3 is 2.69 bits per heavy atom. The molecule has 1 atom stereocenters. The van der Waals surface area contributed by atoms with Gasteiger partial charge >= 0.3 is 12.3 Å². The van der Waals surface area contributed by atoms with Gasteiger partial charge < -0.3 is 24.1 Å². The molecule has 1 fully saturated rings. The fourth-order valence-electron chi connectivity index (χ4n) is 0.737. The van der Waals surface area contributed by atoms with Crippen LogP contribution >= 0.6 is 0 Å². The van der Waals surface area contributed by atoms with E-state index in [2.05, 4.69) is 9.47 Å². The molecule has 0 aromatic heterocycles. The largest absolute Gasteiger partial charge is 0.520 e. The second-order valence-electron chi connectivity index (χ2n) is 2.11. The van der Waals surface area contributed by atoms with Gasteiger partial charge in [-0.05, 0) is 0 Å². The van der Waals surface area contributed by atoms with Crippen molar-refractivity contribution in [1.82, 2.24) is 0 Å². The molecule has 0 aromatic rings. The van der Waals surface area contributed by atoms with Crippen molar-refractivity contribution >= 4 is 12.3 Å². The Kier molecular flexibility index (Phi) is 3.47. The van der Waals surface area contributed by atoms with Crippen molar-refractivity contribution in [2.45, 2.75) is 6.29 Å². The fourth-order valence-corrected chi connectivity index (χ4v) is 0.737. The van der Waals surface area contributed by atoms with Gasteiger partial charge in [0.15, 0.2) is 0 Å². The van der Waals surface area contributed by atoms with Crippen LogP contribution < -0.4 is 0 Å². The summed E-state index contributed by atoms with van der Waals surface area (Å²) in [6.45, 7) is 0.799. The molecule has 0 aliphatic carbocycles. The zero-order valence-electron chi connectivity index (χ0n) is 6.60. The Bertz CT molecular complexity index is 195. The first-order chi connectivity index (χ1) is 6.18. The first kappa shape index (κ1) is 9.75. The molecule has 0 saturated carbocycles. The van der Waals surface area contributed by atoms with E-state index in [1.807, 2.05) is 0 Å². The minimum Gasteiger partial charge on any atom is -0.449 e. The lowest BCUT2D eigenvalue weighted by molar-refractivity contribution is -0.191. The van der Waals surface area contributed by atoms with Crippen LogP contribution in [-0.2, 0) is 18.9 Å². The van der Waals surface area contributed by atoms with Crippen molar-refractivity contribution in [2.24, 2.45) is 0 Å². The number of hydrogen-bond acceptors (Lipinski definition) is 6. The van der Waals surface area contributed by atoms with Gasteiger partial charge in [0.1, 0.15) is 6.61 Å². The van der Waals surface area contributed by atoms with Crippen molar-refractivity contribution in [3.63, 3.8) is 0 Å². The molecule has 74 valence electrons. The molecule has 0 aromatic carbocycles. The van der Waals surface area contributed by atoms with E-state index in [9.17, 15) is 9.59 Å². The van der Waals surface area contributed by atoms with E-state index < -0.39 is 18.6 Å². The van der Waals surface area contributed by atoms with Crippen LogP contribution in [0.15, 0.2) is 0 Å². The summed E-state index contributed by atoms with van der Waals surface area (Å²) in [5, 5.41) is 8.02. The number of rotatable bonds is 1. The van der Waals surface area contributed by atoms with Gasteiger partial charge in [-0.25, -0.2) is 9.59 Å². The molecular weight excluding hydrogens is 184 g/mol. The van der Waals surface area contributed by atoms with Crippen molar-refractivity contribution < 1.29 is 33.6 Å². The van der Waals surface area contributed by atoms with Crippen LogP contribution in [0.4, 0.5) is 9.59 Å². The Morgan fingerprint density at radius 2 is 2.15 bits per heavy atom. The van der Waals surface area contributed by atoms with E-state index in [0.717, 1.165) is 0 Å². The first-order valence-electron chi connectivity index (χ1n) is 3.49. The molecule has 1 aliphatic rings. The first-order valence-corrected chi connectivity index (χ1v) is 3.49. The molecule has 0 spiro atoms. The van der Waals surface area contributed by atoms with E-state index >= 15 is 0 Å². The highest BCUT2D eigenvalue weighted by Gasteiger charge is 2.21. The second kappa shape index (κ2) is 4.63. The van der Waals surface area contributed by atoms with Crippen molar-refractivity contribution in [1.29, 1.82) is 0 Å². The predicted molar refractivity (Wildman–Crippen MR) is 36.1 cm³/mol. The van der Waals surface area contributed by atoms with E-state index in [1.54, 1.807) is 0 Å². The normalized spacial score (nSPS) is 22.0. The van der Waals surface area contributed by atoms with E-state index in [1.165, 1.54) is 0 Å². The summed E-state index contributed by atoms with van der Waals surface area (Å²) >= 11 is 0. The van der Waals surface area contributed by atoms with Crippen LogP contribution in [0, 0.1) is 0 Å². The third kappa shape index (κ3) is 3.72. The Hall–Kier alpha value is -1.34. The van der Waals surface area contributed by atoms with Crippen molar-refractivity contribution in [3.05, 3.63) is 0 Å². The third-order valence-corrected chi connectivity index (χ3v) is 1.18. The van der Waals surface area contributed by atoms with Gasteiger partial charge in [0, 0.05) is 0 Å². The van der Waals surface area contributed by atoms with Gasteiger partial charge in [0.05, 0.1) is 13.2 Å². The smallest absolute Gasteiger partial charge is 0.449 e. The molecule has 1 unspecified atom stereocenters. The predicted octanol–water partition coefficient (Wildman–Crippen LogP) is 0.190. The van der Waals surface area contributed by atoms with Crippen LogP contribution in [-0.4, -0.2) is 43.5 Å². The van der Waals surface area contributed by atoms with Gasteiger partial charge in [-0.2, -0.15) is 0 Å². The molecule has 0 bridgehead atoms. The molecule has 1 aliphatic heterocycles. The molecule has 0 radical (unpaired) electrons. The fraction of sp³-hybridized carbons (Fsp3) is 0.667. The molecule has 7 nitrogen and oxygen atoms in total. The molecule has 1 rings (SSSR count). The van der Waals surface area contributed by atoms with Crippen LogP contribution in [0.5, 0.6) is 0 Å². The van der Waals surface area contributed by atoms with Gasteiger partial charge in [-0.15, -0.1) is 0 Å². The highest BCUT2D eigenvalue weighted by atomic mass is 16.8. The molecule has 1 N–H and O–H groups in total. The summed E-state index contributed by atoms with van der Waals surface area (Å²) in [5.41, 5.74) is 0. The van der Waals surface area contributed by atoms with Crippen LogP contribution in [0.25, 0.3) is 0 Å². The van der Waals surface area contributed by atoms with Crippen LogP contribution in [0.1, 0.15) is 0 Å². The summed E-state index contributed by atoms with van der Waals surface area (Å²) in [6.07, 6.45) is -3.93. The van der Waals surface area contributed by atoms with Crippen LogP contribution in [0.3, 0.4) is 0 Å². The number of carboxylic acid groups (broad SMARTS) is 1. The number of hydrogen-bond donors (Lipinski definition) is 1. The molecular formula is C6H8O7. The summed E-state index contributed by atoms with van der Waals surface area (Å²) in [5.74, 6) is 0. The number of carbonyl (C=O) groups excluding carboxylic acids is 1. The standard InChI is InChI=1S/C6H8O7/c7-5(8)13-6(9)12-4-3-10-1-2-11-4/h4H,1-3H2,(H,7,8). The minimum atomic E-state index is -1.72. The van der Waals surface area contributed by atoms with Crippen molar-refractivity contribution in [3.8, 4) is 0 Å². The topological polar surface area (TPSA) is 91.3 Å². The van der Waals surface area contributed by atoms with Gasteiger partial charge in [0.2, 0.25) is 6.29 Å². The van der Waals surface area contributed by atoms with E-state index in [-0.39, 0.29) is 6.61 Å². The molecule has 0 amide bonds. The summed E-state index contributed by atoms with van der Waals surface area (Å²) in [7, 11) is 0. The third-order valence-electron chi connectivity index (χ3n) is 1.18. The molecule has 7 heteroatoms. The second-order valence-corrected chi connectivity index (χ2v) is 2.11. The SMILES string of the molecule is O=C(O)OC(=O)OC1COCCO1. The maximum Gasteiger partial charge on any atom is 0.520 e. The zero-order valence-corrected chi connectivity index (χ0v) is 6.60. The Balaban J connectivity index is 2.22. The van der Waals surface area contributed by atoms with Crippen LogP contribution in [0.2, 0.25) is 0 Å². The summed E-state index contributed by atoms with van der Waals surface area (Å²) < 4.78 is 17.9. The average molecular weight is 192 g/mol. The lowest BCUT2D eigenvalue weighted by atomic mass is 10.6. The monoisotopic (exact) mass is 192 g/mol. The highest BCUT2D eigenvalue weighted by molar-refractivity contribution is 5.75. The number of ether oxygens (including phenoxy) is 4. The van der Waals surface area contributed by atoms with Crippen molar-refractivity contribution in [2.75, 3.05) is 19.8 Å². The Morgan fingerprint density at radius 1 is 1.38 bits per heavy atom. The molecule has 1 saturated heterocycles. The molecule has 13 heavy (non-hydrogen) atoms. The lowest BCUT2D eigenvalue weighted by Gasteiger charge is -2.21. The van der Waals surface area contributed by atoms with Gasteiger partial charge in [0.25, 0.3) is 0 Å². The molecule has 1 heterocycles. The van der Waals surface area contributed by atoms with E-state index in [4.69, 9.17) is 14.6 Å². The average Bonchev–Trinajstić information content (AvgIpc) is 2.04. The summed E-state index contributed by atoms with van der Waals surface area (Å²) in [4.78, 5) is 20.4. The van der Waals surface area contributed by atoms with Gasteiger partial charge in [-0.3, -0.25) is 0 Å². The highest BCUT2D eigenvalue weighted by Crippen LogP contribution is 2.03. The zero-order chi connectivity index (χ0) is 9.68. The lowest BCUT2D eigenvalue weighted by Crippen LogP contribution is -2.33. The quantitative estimate of drug-likeness (QED) is 0.468. The maximum atomic E-state index is 10.6. The maximum absolute atomic E-state index is 10.6.